The van der Waals surface area contributed by atoms with E-state index in [1.807, 2.05) is 24.3 Å². The Bertz CT molecular complexity index is 639. The highest BCUT2D eigenvalue weighted by molar-refractivity contribution is 5.81. The molecule has 0 atom stereocenters. The number of hydrogen-bond acceptors (Lipinski definition) is 5. The Hall–Kier alpha value is -1.95. The third kappa shape index (κ3) is 3.37. The van der Waals surface area contributed by atoms with Crippen molar-refractivity contribution in [3.63, 3.8) is 0 Å². The fourth-order valence-corrected chi connectivity index (χ4v) is 2.43. The maximum Gasteiger partial charge on any atom is 0.336 e. The number of carbonyl (C=O) groups excluding carboxylic acids is 1. The number of allylic oxidation sites excluding steroid dienone is 4. The van der Waals surface area contributed by atoms with E-state index in [9.17, 15) is 4.79 Å². The third-order valence-electron chi connectivity index (χ3n) is 3.89. The van der Waals surface area contributed by atoms with Crippen LogP contribution in [0.5, 0.6) is 5.75 Å². The standard InChI is InChI=1S/C18H21NO4/c1-13-22-19(23-13)18(2,3)17(20)21-16-11-9-15(10-12-16)14-7-5-4-6-8-14/h4-5,7,9-13H,6,8H2,1-3H3. The van der Waals surface area contributed by atoms with E-state index in [0.29, 0.717) is 5.75 Å². The summed E-state index contributed by atoms with van der Waals surface area (Å²) in [6.45, 7) is 5.13. The fraction of sp³-hybridized carbons (Fsp3) is 0.389. The molecule has 1 aliphatic carbocycles. The van der Waals surface area contributed by atoms with Gasteiger partial charge in [0.1, 0.15) is 5.75 Å². The highest BCUT2D eigenvalue weighted by atomic mass is 17.1. The first-order valence-corrected chi connectivity index (χ1v) is 7.79. The first-order chi connectivity index (χ1) is 11.0. The minimum absolute atomic E-state index is 0.334. The Balaban J connectivity index is 1.65. The summed E-state index contributed by atoms with van der Waals surface area (Å²) in [4.78, 5) is 22.8. The number of benzene rings is 1. The van der Waals surface area contributed by atoms with Crippen molar-refractivity contribution in [3.8, 4) is 5.75 Å². The molecule has 0 amide bonds. The van der Waals surface area contributed by atoms with Crippen molar-refractivity contribution in [3.05, 3.63) is 48.1 Å². The van der Waals surface area contributed by atoms with Gasteiger partial charge in [0.15, 0.2) is 11.8 Å². The van der Waals surface area contributed by atoms with Crippen LogP contribution >= 0.6 is 0 Å². The number of hydrogen-bond donors (Lipinski definition) is 0. The average molecular weight is 315 g/mol. The van der Waals surface area contributed by atoms with Crippen molar-refractivity contribution in [2.24, 2.45) is 0 Å². The van der Waals surface area contributed by atoms with Crippen molar-refractivity contribution < 1.29 is 19.2 Å². The van der Waals surface area contributed by atoms with E-state index in [-0.39, 0.29) is 6.29 Å². The van der Waals surface area contributed by atoms with Gasteiger partial charge in [0.2, 0.25) is 0 Å². The molecule has 3 rings (SSSR count). The van der Waals surface area contributed by atoms with E-state index in [2.05, 4.69) is 18.2 Å². The molecule has 0 aromatic heterocycles. The summed E-state index contributed by atoms with van der Waals surface area (Å²) < 4.78 is 5.44. The van der Waals surface area contributed by atoms with Crippen LogP contribution in [0.4, 0.5) is 0 Å². The Kier molecular flexibility index (Phi) is 4.35. The average Bonchev–Trinajstić information content (AvgIpc) is 2.53. The van der Waals surface area contributed by atoms with E-state index < -0.39 is 11.5 Å². The lowest BCUT2D eigenvalue weighted by atomic mass is 9.97. The Labute approximate surface area is 136 Å². The summed E-state index contributed by atoms with van der Waals surface area (Å²) in [5.41, 5.74) is 1.43. The SMILES string of the molecule is CC1ON(C(C)(C)C(=O)Oc2ccc(C3=CC=CCC3)cc2)O1. The number of carbonyl (C=O) groups is 1. The van der Waals surface area contributed by atoms with E-state index in [0.717, 1.165) is 18.4 Å². The summed E-state index contributed by atoms with van der Waals surface area (Å²) in [5.74, 6) is 0.0734. The molecule has 5 heteroatoms. The number of esters is 1. The molecule has 0 spiro atoms. The minimum Gasteiger partial charge on any atom is -0.425 e. The zero-order chi connectivity index (χ0) is 16.4. The van der Waals surface area contributed by atoms with Gasteiger partial charge in [0.05, 0.1) is 0 Å². The van der Waals surface area contributed by atoms with Crippen molar-refractivity contribution >= 4 is 11.5 Å². The van der Waals surface area contributed by atoms with Gasteiger partial charge in [-0.05, 0) is 62.1 Å². The molecule has 1 saturated heterocycles. The number of rotatable bonds is 4. The molecule has 0 N–H and O–H groups in total. The van der Waals surface area contributed by atoms with Crippen LogP contribution in [-0.2, 0) is 14.5 Å². The van der Waals surface area contributed by atoms with Crippen molar-refractivity contribution in [2.45, 2.75) is 45.4 Å². The van der Waals surface area contributed by atoms with Gasteiger partial charge in [-0.25, -0.2) is 14.5 Å². The first kappa shape index (κ1) is 15.9. The zero-order valence-corrected chi connectivity index (χ0v) is 13.6. The molecular weight excluding hydrogens is 294 g/mol. The van der Waals surface area contributed by atoms with E-state index in [1.165, 1.54) is 10.8 Å². The monoisotopic (exact) mass is 315 g/mol. The van der Waals surface area contributed by atoms with Crippen LogP contribution in [0.1, 0.15) is 39.2 Å². The first-order valence-electron chi connectivity index (χ1n) is 7.79. The maximum atomic E-state index is 12.3. The second-order valence-electron chi connectivity index (χ2n) is 6.17. The molecule has 0 unspecified atom stereocenters. The lowest BCUT2D eigenvalue weighted by Gasteiger charge is -2.42. The number of nitrogens with zero attached hydrogens (tertiary/aromatic N) is 1. The quantitative estimate of drug-likeness (QED) is 0.627. The summed E-state index contributed by atoms with van der Waals surface area (Å²) in [5, 5.41) is 1.17. The van der Waals surface area contributed by atoms with Crippen LogP contribution in [0, 0.1) is 0 Å². The summed E-state index contributed by atoms with van der Waals surface area (Å²) in [6.07, 6.45) is 8.11. The van der Waals surface area contributed by atoms with Crippen molar-refractivity contribution in [1.29, 1.82) is 0 Å². The topological polar surface area (TPSA) is 48.0 Å². The number of ether oxygens (including phenoxy) is 1. The lowest BCUT2D eigenvalue weighted by Crippen LogP contribution is -2.60. The molecule has 122 valence electrons. The predicted octanol–water partition coefficient (Wildman–Crippen LogP) is 3.63. The van der Waals surface area contributed by atoms with Crippen LogP contribution in [0.15, 0.2) is 42.5 Å². The molecule has 1 heterocycles. The van der Waals surface area contributed by atoms with Gasteiger partial charge in [-0.2, -0.15) is 0 Å². The molecule has 1 aromatic rings. The lowest BCUT2D eigenvalue weighted by molar-refractivity contribution is -0.580. The Morgan fingerprint density at radius 2 is 1.96 bits per heavy atom. The van der Waals surface area contributed by atoms with E-state index >= 15 is 0 Å². The minimum atomic E-state index is -1.01. The van der Waals surface area contributed by atoms with Crippen LogP contribution in [0.25, 0.3) is 5.57 Å². The molecule has 1 fully saturated rings. The second kappa shape index (κ2) is 6.28. The molecule has 0 bridgehead atoms. The van der Waals surface area contributed by atoms with Gasteiger partial charge in [-0.15, -0.1) is 0 Å². The smallest absolute Gasteiger partial charge is 0.336 e. The molecule has 5 nitrogen and oxygen atoms in total. The molecule has 2 aliphatic rings. The zero-order valence-electron chi connectivity index (χ0n) is 13.6. The maximum absolute atomic E-state index is 12.3. The molecular formula is C18H21NO4. The predicted molar refractivity (Wildman–Crippen MR) is 86.0 cm³/mol. The second-order valence-corrected chi connectivity index (χ2v) is 6.17. The number of hydroxylamine groups is 2. The van der Waals surface area contributed by atoms with Gasteiger partial charge in [-0.1, -0.05) is 30.4 Å². The van der Waals surface area contributed by atoms with Gasteiger partial charge in [0.25, 0.3) is 0 Å². The van der Waals surface area contributed by atoms with Crippen molar-refractivity contribution in [2.75, 3.05) is 0 Å². The van der Waals surface area contributed by atoms with Gasteiger partial charge in [-0.3, -0.25) is 0 Å². The molecule has 1 aliphatic heterocycles. The summed E-state index contributed by atoms with van der Waals surface area (Å²) in [6, 6.07) is 7.56. The summed E-state index contributed by atoms with van der Waals surface area (Å²) >= 11 is 0. The fourth-order valence-electron chi connectivity index (χ4n) is 2.43. The highest BCUT2D eigenvalue weighted by Gasteiger charge is 2.46. The molecule has 1 aromatic carbocycles. The Morgan fingerprint density at radius 1 is 1.26 bits per heavy atom. The summed E-state index contributed by atoms with van der Waals surface area (Å²) in [7, 11) is 0. The van der Waals surface area contributed by atoms with Crippen LogP contribution in [0.3, 0.4) is 0 Å². The van der Waals surface area contributed by atoms with Crippen LogP contribution < -0.4 is 4.74 Å². The third-order valence-corrected chi connectivity index (χ3v) is 3.89. The largest absolute Gasteiger partial charge is 0.425 e. The van der Waals surface area contributed by atoms with Crippen molar-refractivity contribution in [1.82, 2.24) is 5.23 Å². The van der Waals surface area contributed by atoms with E-state index in [4.69, 9.17) is 14.4 Å². The highest BCUT2D eigenvalue weighted by Crippen LogP contribution is 2.29. The van der Waals surface area contributed by atoms with Gasteiger partial charge < -0.3 is 4.74 Å². The Morgan fingerprint density at radius 3 is 2.52 bits per heavy atom. The van der Waals surface area contributed by atoms with Gasteiger partial charge >= 0.3 is 5.97 Å². The molecule has 0 radical (unpaired) electrons. The van der Waals surface area contributed by atoms with Crippen LogP contribution in [-0.4, -0.2) is 23.0 Å². The molecule has 23 heavy (non-hydrogen) atoms. The van der Waals surface area contributed by atoms with Crippen LogP contribution in [0.2, 0.25) is 0 Å². The molecule has 0 saturated carbocycles. The van der Waals surface area contributed by atoms with E-state index in [1.54, 1.807) is 20.8 Å². The normalized spacial score (nSPS) is 19.2. The van der Waals surface area contributed by atoms with Gasteiger partial charge in [0, 0.05) is 0 Å².